The van der Waals surface area contributed by atoms with Crippen LogP contribution in [-0.2, 0) is 47.6 Å². The number of fused-ring (bicyclic) bond motifs is 1. The first-order chi connectivity index (χ1) is 18.4. The van der Waals surface area contributed by atoms with E-state index in [1.54, 1.807) is 0 Å². The van der Waals surface area contributed by atoms with Crippen LogP contribution in [0.1, 0.15) is 41.5 Å². The molecule has 40 heavy (non-hydrogen) atoms. The van der Waals surface area contributed by atoms with Crippen LogP contribution in [0.2, 0.25) is 0 Å². The number of ether oxygens (including phenoxy) is 6. The van der Waals surface area contributed by atoms with E-state index in [2.05, 4.69) is 10.0 Å². The third-order valence-corrected chi connectivity index (χ3v) is 7.20. The van der Waals surface area contributed by atoms with Crippen LogP contribution in [0.3, 0.4) is 0 Å². The minimum Gasteiger partial charge on any atom is -0.463 e. The zero-order valence-electron chi connectivity index (χ0n) is 22.7. The summed E-state index contributed by atoms with van der Waals surface area (Å²) < 4.78 is 32.8. The number of carbonyl (C=O) groups is 4. The normalized spacial score (nSPS) is 42.5. The third kappa shape index (κ3) is 5.08. The van der Waals surface area contributed by atoms with E-state index >= 15 is 0 Å². The smallest absolute Gasteiger partial charge is 0.303 e. The van der Waals surface area contributed by atoms with Gasteiger partial charge in [-0.3, -0.25) is 19.2 Å². The van der Waals surface area contributed by atoms with Crippen molar-refractivity contribution in [3.05, 3.63) is 10.4 Å². The Morgan fingerprint density at radius 1 is 1.00 bits per heavy atom. The number of ketones is 2. The molecule has 3 saturated heterocycles. The van der Waals surface area contributed by atoms with Gasteiger partial charge in [0.05, 0.1) is 12.7 Å². The number of hydrogen-bond donors (Lipinski definition) is 4. The van der Waals surface area contributed by atoms with E-state index in [9.17, 15) is 45.1 Å². The summed E-state index contributed by atoms with van der Waals surface area (Å²) >= 11 is 0. The maximum Gasteiger partial charge on any atom is 0.303 e. The Morgan fingerprint density at radius 2 is 1.60 bits per heavy atom. The predicted molar refractivity (Wildman–Crippen MR) is 126 cm³/mol. The fourth-order valence-electron chi connectivity index (χ4n) is 5.38. The van der Waals surface area contributed by atoms with Crippen molar-refractivity contribution in [2.24, 2.45) is 5.11 Å². The third-order valence-electron chi connectivity index (χ3n) is 7.20. The molecule has 3 aliphatic heterocycles. The Morgan fingerprint density at radius 3 is 2.10 bits per heavy atom. The van der Waals surface area contributed by atoms with Crippen LogP contribution in [-0.4, -0.2) is 123 Å². The molecular weight excluding hydrogens is 542 g/mol. The van der Waals surface area contributed by atoms with Gasteiger partial charge in [-0.15, -0.1) is 0 Å². The summed E-state index contributed by atoms with van der Waals surface area (Å²) in [7, 11) is 0. The highest BCUT2D eigenvalue weighted by Crippen LogP contribution is 2.49. The van der Waals surface area contributed by atoms with Gasteiger partial charge in [0.15, 0.2) is 35.2 Å². The fourth-order valence-corrected chi connectivity index (χ4v) is 5.38. The molecule has 224 valence electrons. The maximum absolute atomic E-state index is 13.1. The highest BCUT2D eigenvalue weighted by molar-refractivity contribution is 5.99. The summed E-state index contributed by atoms with van der Waals surface area (Å²) in [6.45, 7) is 5.35. The Labute approximate surface area is 227 Å². The highest BCUT2D eigenvalue weighted by atomic mass is 16.8. The molecule has 0 aromatic carbocycles. The molecule has 3 heterocycles. The lowest BCUT2D eigenvalue weighted by Crippen LogP contribution is -2.86. The molecule has 10 atom stereocenters. The average molecular weight is 576 g/mol. The van der Waals surface area contributed by atoms with Gasteiger partial charge in [-0.05, 0) is 33.2 Å². The molecule has 3 aliphatic rings. The standard InChI is InChI=1S/C23H33N3O14/c1-9(27)21(32)18(37-12(4)30)14(7-35-11(3)29)38-19(22(21,33)10(2)28)23(34)17(25-26-24)15(31)16-13(39-23)8-36-20(5,6)40-16/h13-19,31-34H,7-8H2,1-6H3/t13-,14-,15+,16+,17-,18+,19-,21+,22+,23-/m1/s1. The summed E-state index contributed by atoms with van der Waals surface area (Å²) in [5.41, 5.74) is 2.45. The molecule has 0 aliphatic carbocycles. The van der Waals surface area contributed by atoms with E-state index in [0.29, 0.717) is 0 Å². The summed E-state index contributed by atoms with van der Waals surface area (Å²) in [5, 5.41) is 50.2. The molecule has 0 unspecified atom stereocenters. The number of rotatable bonds is 7. The highest BCUT2D eigenvalue weighted by Gasteiger charge is 2.77. The van der Waals surface area contributed by atoms with Crippen molar-refractivity contribution in [1.29, 1.82) is 0 Å². The minimum atomic E-state index is -3.47. The lowest BCUT2D eigenvalue weighted by atomic mass is 9.64. The lowest BCUT2D eigenvalue weighted by Gasteiger charge is -2.60. The second-order valence-electron chi connectivity index (χ2n) is 10.4. The van der Waals surface area contributed by atoms with Crippen LogP contribution in [0.25, 0.3) is 10.4 Å². The van der Waals surface area contributed by atoms with E-state index in [1.165, 1.54) is 13.8 Å². The van der Waals surface area contributed by atoms with Crippen LogP contribution in [0.15, 0.2) is 5.11 Å². The van der Waals surface area contributed by atoms with E-state index in [-0.39, 0.29) is 6.61 Å². The van der Waals surface area contributed by atoms with E-state index in [1.807, 2.05) is 0 Å². The Balaban J connectivity index is 2.26. The number of Topliss-reactive ketones (excluding diaryl/α,β-unsaturated/α-hetero) is 2. The number of hydrogen-bond acceptors (Lipinski definition) is 15. The largest absolute Gasteiger partial charge is 0.463 e. The Kier molecular flexibility index (Phi) is 8.68. The van der Waals surface area contributed by atoms with Crippen molar-refractivity contribution in [2.75, 3.05) is 13.2 Å². The lowest BCUT2D eigenvalue weighted by molar-refractivity contribution is -0.429. The molecule has 17 heteroatoms. The SMILES string of the molecule is CC(=O)OC[C@H]1O[C@@H]([C@]2(O)O[C@@H]3COC(C)(C)O[C@@H]3[C@H](O)[C@H]2N=[N+]=[N-])[C@@](O)(C(C)=O)[C@](O)(C(C)=O)[C@H]1OC(C)=O. The van der Waals surface area contributed by atoms with E-state index in [4.69, 9.17) is 28.4 Å². The molecule has 0 radical (unpaired) electrons. The molecule has 3 fully saturated rings. The number of azide groups is 1. The van der Waals surface area contributed by atoms with Gasteiger partial charge in [-0.2, -0.15) is 0 Å². The number of carbonyl (C=O) groups excluding carboxylic acids is 4. The molecule has 0 aromatic heterocycles. The predicted octanol–water partition coefficient (Wildman–Crippen LogP) is -1.83. The van der Waals surface area contributed by atoms with Crippen molar-refractivity contribution in [3.63, 3.8) is 0 Å². The van der Waals surface area contributed by atoms with Crippen molar-refractivity contribution < 1.29 is 68.0 Å². The second kappa shape index (κ2) is 10.9. The molecule has 3 rings (SSSR count). The first kappa shape index (κ1) is 31.8. The number of aliphatic hydroxyl groups excluding tert-OH is 1. The minimum absolute atomic E-state index is 0.310. The maximum atomic E-state index is 13.1. The van der Waals surface area contributed by atoms with Gasteiger partial charge in [0, 0.05) is 18.8 Å². The van der Waals surface area contributed by atoms with Crippen LogP contribution in [0.4, 0.5) is 0 Å². The molecule has 0 spiro atoms. The zero-order chi connectivity index (χ0) is 30.4. The molecule has 0 amide bonds. The van der Waals surface area contributed by atoms with Gasteiger partial charge in [-0.1, -0.05) is 5.11 Å². The monoisotopic (exact) mass is 575 g/mol. The average Bonchev–Trinajstić information content (AvgIpc) is 2.83. The van der Waals surface area contributed by atoms with Crippen LogP contribution in [0, 0.1) is 0 Å². The van der Waals surface area contributed by atoms with Crippen molar-refractivity contribution >= 4 is 23.5 Å². The van der Waals surface area contributed by atoms with Gasteiger partial charge in [-0.25, -0.2) is 0 Å². The number of esters is 2. The van der Waals surface area contributed by atoms with Gasteiger partial charge in [0.1, 0.15) is 31.0 Å². The topological polar surface area (TPSA) is 253 Å². The Hall–Kier alpha value is -2.73. The van der Waals surface area contributed by atoms with Gasteiger partial charge in [0.25, 0.3) is 0 Å². The summed E-state index contributed by atoms with van der Waals surface area (Å²) in [4.78, 5) is 52.3. The van der Waals surface area contributed by atoms with Gasteiger partial charge in [0.2, 0.25) is 11.4 Å². The van der Waals surface area contributed by atoms with Crippen LogP contribution < -0.4 is 0 Å². The van der Waals surface area contributed by atoms with Gasteiger partial charge < -0.3 is 48.8 Å². The zero-order valence-corrected chi connectivity index (χ0v) is 22.7. The van der Waals surface area contributed by atoms with Crippen LogP contribution >= 0.6 is 0 Å². The molecule has 0 saturated carbocycles. The number of aliphatic hydroxyl groups is 4. The first-order valence-electron chi connectivity index (χ1n) is 12.2. The number of nitrogens with zero attached hydrogens (tertiary/aromatic N) is 3. The fraction of sp³-hybridized carbons (Fsp3) is 0.826. The molecular formula is C23H33N3O14. The van der Waals surface area contributed by atoms with E-state index in [0.717, 1.165) is 27.7 Å². The second-order valence-corrected chi connectivity index (χ2v) is 10.4. The summed E-state index contributed by atoms with van der Waals surface area (Å²) in [6.07, 6.45) is -10.9. The summed E-state index contributed by atoms with van der Waals surface area (Å²) in [5.74, 6) is -9.03. The van der Waals surface area contributed by atoms with Crippen LogP contribution in [0.5, 0.6) is 0 Å². The Bertz CT molecular complexity index is 1110. The molecule has 0 aromatic rings. The molecule has 17 nitrogen and oxygen atoms in total. The molecule has 0 bridgehead atoms. The van der Waals surface area contributed by atoms with E-state index < -0.39 is 95.6 Å². The van der Waals surface area contributed by atoms with Gasteiger partial charge >= 0.3 is 11.9 Å². The quantitative estimate of drug-likeness (QED) is 0.113. The first-order valence-corrected chi connectivity index (χ1v) is 12.2. The van der Waals surface area contributed by atoms with Crippen molar-refractivity contribution in [3.8, 4) is 0 Å². The molecule has 4 N–H and O–H groups in total. The van der Waals surface area contributed by atoms with Crippen molar-refractivity contribution in [1.82, 2.24) is 0 Å². The summed E-state index contributed by atoms with van der Waals surface area (Å²) in [6, 6.07) is -2.08. The van der Waals surface area contributed by atoms with Crippen molar-refractivity contribution in [2.45, 2.75) is 107 Å².